The Bertz CT molecular complexity index is 307. The Hall–Kier alpha value is -0.800. The molecule has 0 aliphatic heterocycles. The molecule has 0 spiro atoms. The van der Waals surface area contributed by atoms with Crippen molar-refractivity contribution >= 4 is 11.6 Å². The lowest BCUT2D eigenvalue weighted by atomic mass is 10.00. The molecule has 1 rings (SSSR count). The first kappa shape index (κ1) is 10.3. The van der Waals surface area contributed by atoms with E-state index in [4.69, 9.17) is 16.3 Å². The number of aliphatic hydroxyl groups is 1. The highest BCUT2D eigenvalue weighted by Gasteiger charge is 2.21. The van der Waals surface area contributed by atoms with Crippen molar-refractivity contribution in [3.8, 4) is 5.88 Å². The van der Waals surface area contributed by atoms with Crippen LogP contribution in [0.3, 0.4) is 0 Å². The first-order chi connectivity index (χ1) is 5.95. The lowest BCUT2D eigenvalue weighted by Crippen LogP contribution is -2.17. The molecule has 0 radical (unpaired) electrons. The zero-order chi connectivity index (χ0) is 10.1. The van der Waals surface area contributed by atoms with Crippen LogP contribution >= 0.6 is 11.6 Å². The quantitative estimate of drug-likeness (QED) is 0.744. The van der Waals surface area contributed by atoms with Crippen LogP contribution in [0.4, 0.5) is 0 Å². The molecule has 0 aromatic carbocycles. The molecule has 1 aromatic heterocycles. The predicted molar refractivity (Wildman–Crippen MR) is 51.0 cm³/mol. The van der Waals surface area contributed by atoms with E-state index >= 15 is 0 Å². The highest BCUT2D eigenvalue weighted by molar-refractivity contribution is 6.29. The monoisotopic (exact) mass is 201 g/mol. The van der Waals surface area contributed by atoms with Gasteiger partial charge in [0.25, 0.3) is 0 Å². The van der Waals surface area contributed by atoms with Crippen LogP contribution in [-0.2, 0) is 5.60 Å². The van der Waals surface area contributed by atoms with Crippen LogP contribution in [0.5, 0.6) is 5.88 Å². The Morgan fingerprint density at radius 2 is 2.08 bits per heavy atom. The summed E-state index contributed by atoms with van der Waals surface area (Å²) in [4.78, 5) is 3.94. The van der Waals surface area contributed by atoms with Crippen molar-refractivity contribution in [3.05, 3.63) is 22.8 Å². The SMILES string of the molecule is COc1nc(Cl)ccc1C(C)(C)O. The maximum Gasteiger partial charge on any atom is 0.220 e. The molecule has 0 bridgehead atoms. The van der Waals surface area contributed by atoms with Crippen molar-refractivity contribution in [2.24, 2.45) is 0 Å². The number of nitrogens with zero attached hydrogens (tertiary/aromatic N) is 1. The maximum absolute atomic E-state index is 9.73. The van der Waals surface area contributed by atoms with Gasteiger partial charge in [-0.2, -0.15) is 0 Å². The first-order valence-electron chi connectivity index (χ1n) is 3.88. The number of rotatable bonds is 2. The van der Waals surface area contributed by atoms with Crippen molar-refractivity contribution in [3.63, 3.8) is 0 Å². The van der Waals surface area contributed by atoms with Crippen molar-refractivity contribution in [2.45, 2.75) is 19.4 Å². The topological polar surface area (TPSA) is 42.4 Å². The van der Waals surface area contributed by atoms with E-state index < -0.39 is 5.60 Å². The second kappa shape index (κ2) is 3.52. The third-order valence-corrected chi connectivity index (χ3v) is 1.89. The fourth-order valence-electron chi connectivity index (χ4n) is 1.04. The van der Waals surface area contributed by atoms with E-state index in [-0.39, 0.29) is 0 Å². The zero-order valence-corrected chi connectivity index (χ0v) is 8.59. The number of hydrogen-bond acceptors (Lipinski definition) is 3. The van der Waals surface area contributed by atoms with E-state index in [1.54, 1.807) is 26.0 Å². The summed E-state index contributed by atoms with van der Waals surface area (Å²) in [5, 5.41) is 10.1. The Kier molecular flexibility index (Phi) is 2.78. The molecular formula is C9H12ClNO2. The summed E-state index contributed by atoms with van der Waals surface area (Å²) in [6.07, 6.45) is 0. The van der Waals surface area contributed by atoms with E-state index in [1.807, 2.05) is 0 Å². The summed E-state index contributed by atoms with van der Waals surface area (Å²) in [5.74, 6) is 0.361. The van der Waals surface area contributed by atoms with Gasteiger partial charge in [-0.25, -0.2) is 4.98 Å². The summed E-state index contributed by atoms with van der Waals surface area (Å²) in [7, 11) is 1.49. The second-order valence-corrected chi connectivity index (χ2v) is 3.64. The van der Waals surface area contributed by atoms with Gasteiger partial charge in [-0.1, -0.05) is 11.6 Å². The minimum Gasteiger partial charge on any atom is -0.481 e. The van der Waals surface area contributed by atoms with Crippen molar-refractivity contribution in [1.29, 1.82) is 0 Å². The molecule has 0 saturated carbocycles. The largest absolute Gasteiger partial charge is 0.481 e. The van der Waals surface area contributed by atoms with Crippen LogP contribution in [0.25, 0.3) is 0 Å². The van der Waals surface area contributed by atoms with Crippen LogP contribution in [0.2, 0.25) is 5.15 Å². The smallest absolute Gasteiger partial charge is 0.220 e. The standard InChI is InChI=1S/C9H12ClNO2/c1-9(2,12)6-4-5-7(10)11-8(6)13-3/h4-5,12H,1-3H3. The Morgan fingerprint density at radius 3 is 2.54 bits per heavy atom. The Balaban J connectivity index is 3.22. The number of aromatic nitrogens is 1. The molecule has 0 aliphatic carbocycles. The number of ether oxygens (including phenoxy) is 1. The molecule has 4 heteroatoms. The highest BCUT2D eigenvalue weighted by Crippen LogP contribution is 2.28. The molecule has 1 aromatic rings. The van der Waals surface area contributed by atoms with Crippen LogP contribution in [0.1, 0.15) is 19.4 Å². The fraction of sp³-hybridized carbons (Fsp3) is 0.444. The molecule has 13 heavy (non-hydrogen) atoms. The summed E-state index contributed by atoms with van der Waals surface area (Å²) >= 11 is 5.67. The average molecular weight is 202 g/mol. The molecular weight excluding hydrogens is 190 g/mol. The van der Waals surface area contributed by atoms with E-state index in [2.05, 4.69) is 4.98 Å². The van der Waals surface area contributed by atoms with Gasteiger partial charge >= 0.3 is 0 Å². The first-order valence-corrected chi connectivity index (χ1v) is 4.26. The van der Waals surface area contributed by atoms with Crippen LogP contribution in [-0.4, -0.2) is 17.2 Å². The second-order valence-electron chi connectivity index (χ2n) is 3.25. The lowest BCUT2D eigenvalue weighted by molar-refractivity contribution is 0.0749. The van der Waals surface area contributed by atoms with Gasteiger partial charge in [0.1, 0.15) is 5.15 Å². The van der Waals surface area contributed by atoms with Gasteiger partial charge in [0.15, 0.2) is 0 Å². The number of halogens is 1. The molecule has 1 heterocycles. The molecule has 1 N–H and O–H groups in total. The van der Waals surface area contributed by atoms with Gasteiger partial charge in [0, 0.05) is 5.56 Å². The maximum atomic E-state index is 9.73. The fourth-order valence-corrected chi connectivity index (χ4v) is 1.18. The minimum absolute atomic E-state index is 0.352. The van der Waals surface area contributed by atoms with E-state index in [9.17, 15) is 5.11 Å². The third-order valence-electron chi connectivity index (χ3n) is 1.68. The van der Waals surface area contributed by atoms with Gasteiger partial charge in [-0.3, -0.25) is 0 Å². The predicted octanol–water partition coefficient (Wildman–Crippen LogP) is 1.97. The third kappa shape index (κ3) is 2.32. The minimum atomic E-state index is -0.969. The Labute approximate surface area is 82.3 Å². The summed E-state index contributed by atoms with van der Waals surface area (Å²) in [5.41, 5.74) is -0.345. The van der Waals surface area contributed by atoms with Crippen molar-refractivity contribution in [1.82, 2.24) is 4.98 Å². The molecule has 0 unspecified atom stereocenters. The number of methoxy groups -OCH3 is 1. The number of pyridine rings is 1. The van der Waals surface area contributed by atoms with Gasteiger partial charge in [-0.05, 0) is 26.0 Å². The van der Waals surface area contributed by atoms with E-state index in [0.29, 0.717) is 16.6 Å². The molecule has 0 aliphatic rings. The van der Waals surface area contributed by atoms with Gasteiger partial charge in [0.2, 0.25) is 5.88 Å². The molecule has 3 nitrogen and oxygen atoms in total. The highest BCUT2D eigenvalue weighted by atomic mass is 35.5. The summed E-state index contributed by atoms with van der Waals surface area (Å²) in [6.45, 7) is 3.33. The molecule has 72 valence electrons. The van der Waals surface area contributed by atoms with Crippen molar-refractivity contribution < 1.29 is 9.84 Å². The molecule has 0 amide bonds. The van der Waals surface area contributed by atoms with Gasteiger partial charge < -0.3 is 9.84 Å². The van der Waals surface area contributed by atoms with Crippen LogP contribution in [0, 0.1) is 0 Å². The Morgan fingerprint density at radius 1 is 1.46 bits per heavy atom. The van der Waals surface area contributed by atoms with Gasteiger partial charge in [-0.15, -0.1) is 0 Å². The normalized spacial score (nSPS) is 11.5. The van der Waals surface area contributed by atoms with E-state index in [0.717, 1.165) is 0 Å². The molecule has 0 saturated heterocycles. The summed E-state index contributed by atoms with van der Waals surface area (Å²) in [6, 6.07) is 3.32. The zero-order valence-electron chi connectivity index (χ0n) is 7.84. The van der Waals surface area contributed by atoms with E-state index in [1.165, 1.54) is 7.11 Å². The summed E-state index contributed by atoms with van der Waals surface area (Å²) < 4.78 is 5.00. The average Bonchev–Trinajstić information content (AvgIpc) is 2.01. The lowest BCUT2D eigenvalue weighted by Gasteiger charge is -2.19. The van der Waals surface area contributed by atoms with Gasteiger partial charge in [0.05, 0.1) is 12.7 Å². The van der Waals surface area contributed by atoms with Crippen LogP contribution < -0.4 is 4.74 Å². The molecule has 0 fully saturated rings. The molecule has 0 atom stereocenters. The number of hydrogen-bond donors (Lipinski definition) is 1. The van der Waals surface area contributed by atoms with Crippen LogP contribution in [0.15, 0.2) is 12.1 Å². The van der Waals surface area contributed by atoms with Crippen molar-refractivity contribution in [2.75, 3.05) is 7.11 Å².